The zero-order chi connectivity index (χ0) is 28.1. The Morgan fingerprint density at radius 1 is 0.854 bits per heavy atom. The van der Waals surface area contributed by atoms with Crippen molar-refractivity contribution in [1.82, 2.24) is 9.78 Å². The lowest BCUT2D eigenvalue weighted by Crippen LogP contribution is -2.46. The van der Waals surface area contributed by atoms with Gasteiger partial charge in [0.05, 0.1) is 28.8 Å². The molecule has 6 nitrogen and oxygen atoms in total. The van der Waals surface area contributed by atoms with Crippen molar-refractivity contribution >= 4 is 46.2 Å². The average Bonchev–Trinajstić information content (AvgIpc) is 3.34. The number of aryl methyl sites for hydroxylation is 3. The van der Waals surface area contributed by atoms with Crippen LogP contribution in [0.4, 0.5) is 22.9 Å². The summed E-state index contributed by atoms with van der Waals surface area (Å²) in [5.41, 5.74) is 9.20. The number of benzene rings is 4. The van der Waals surface area contributed by atoms with E-state index in [9.17, 15) is 0 Å². The van der Waals surface area contributed by atoms with Crippen LogP contribution in [0.15, 0.2) is 107 Å². The molecule has 0 radical (unpaired) electrons. The van der Waals surface area contributed by atoms with Crippen molar-refractivity contribution < 1.29 is 0 Å². The van der Waals surface area contributed by atoms with Gasteiger partial charge in [-0.25, -0.2) is 14.7 Å². The van der Waals surface area contributed by atoms with E-state index in [4.69, 9.17) is 26.7 Å². The van der Waals surface area contributed by atoms with E-state index < -0.39 is 0 Å². The maximum atomic E-state index is 6.50. The van der Waals surface area contributed by atoms with Crippen molar-refractivity contribution in [2.75, 3.05) is 10.2 Å². The Bertz CT molecular complexity index is 1840. The zero-order valence-electron chi connectivity index (χ0n) is 23.1. The van der Waals surface area contributed by atoms with E-state index in [-0.39, 0.29) is 6.04 Å². The number of anilines is 2. The molecular weight excluding hydrogens is 528 g/mol. The number of para-hydroxylation sites is 3. The maximum Gasteiger partial charge on any atom is 0.179 e. The molecule has 2 aliphatic heterocycles. The highest BCUT2D eigenvalue weighted by Gasteiger charge is 2.41. The van der Waals surface area contributed by atoms with Crippen molar-refractivity contribution in [2.24, 2.45) is 9.98 Å². The Balaban J connectivity index is 1.48. The summed E-state index contributed by atoms with van der Waals surface area (Å²) in [4.78, 5) is 12.7. The standard InChI is InChI=1S/C34H29ClN6/c1-4-23-15-17-24(18-16-23)31-30-22(3)39-41(26-10-6-5-7-11-26)33(30)38-34-32(36-25-19-14-21(2)27(35)20-25)37-28-12-8-9-13-29(28)40(31)34/h5-20,31H,4H2,1-3H3,(H,36,37)/t31-/m0/s1. The van der Waals surface area contributed by atoms with Crippen LogP contribution in [0.25, 0.3) is 5.69 Å². The third kappa shape index (κ3) is 4.32. The topological polar surface area (TPSA) is 57.8 Å². The Morgan fingerprint density at radius 3 is 2.37 bits per heavy atom. The monoisotopic (exact) mass is 556 g/mol. The minimum Gasteiger partial charge on any atom is -0.337 e. The molecule has 0 saturated carbocycles. The number of halogens is 1. The van der Waals surface area contributed by atoms with Crippen molar-refractivity contribution in [3.63, 3.8) is 0 Å². The fourth-order valence-corrected chi connectivity index (χ4v) is 5.79. The number of hydrogen-bond acceptors (Lipinski definition) is 5. The Labute approximate surface area is 244 Å². The predicted molar refractivity (Wildman–Crippen MR) is 169 cm³/mol. The van der Waals surface area contributed by atoms with E-state index in [1.165, 1.54) is 11.1 Å². The molecule has 1 N–H and O–H groups in total. The van der Waals surface area contributed by atoms with Crippen LogP contribution in [-0.4, -0.2) is 21.5 Å². The molecule has 0 bridgehead atoms. The summed E-state index contributed by atoms with van der Waals surface area (Å²) in [6.07, 6.45) is 0.986. The largest absolute Gasteiger partial charge is 0.337 e. The molecule has 4 aromatic carbocycles. The molecule has 0 spiro atoms. The van der Waals surface area contributed by atoms with Gasteiger partial charge in [-0.15, -0.1) is 0 Å². The number of fused-ring (bicyclic) bond motifs is 4. The highest BCUT2D eigenvalue weighted by Crippen LogP contribution is 2.48. The molecule has 0 saturated heterocycles. The summed E-state index contributed by atoms with van der Waals surface area (Å²) in [7, 11) is 0. The SMILES string of the molecule is CCc1ccc([C@H]2c3c(C)nn(-c4ccccc4)c3N=C3C(Nc4ccc(C)c(Cl)c4)=Nc4ccccc4N32)cc1. The van der Waals surface area contributed by atoms with Crippen molar-refractivity contribution in [3.05, 3.63) is 130 Å². The molecule has 0 unspecified atom stereocenters. The fourth-order valence-electron chi connectivity index (χ4n) is 5.61. The first-order chi connectivity index (χ1) is 20.0. The minimum absolute atomic E-state index is 0.157. The molecule has 41 heavy (non-hydrogen) atoms. The Kier molecular flexibility index (Phi) is 6.20. The quantitative estimate of drug-likeness (QED) is 0.241. The molecule has 0 amide bonds. The van der Waals surface area contributed by atoms with Gasteiger partial charge in [0.2, 0.25) is 0 Å². The Hall–Kier alpha value is -4.68. The Morgan fingerprint density at radius 2 is 1.61 bits per heavy atom. The third-order valence-electron chi connectivity index (χ3n) is 7.78. The van der Waals surface area contributed by atoms with E-state index >= 15 is 0 Å². The second-order valence-corrected chi connectivity index (χ2v) is 10.8. The molecule has 5 aromatic rings. The van der Waals surface area contributed by atoms with Crippen LogP contribution in [0.3, 0.4) is 0 Å². The molecule has 1 aromatic heterocycles. The summed E-state index contributed by atoms with van der Waals surface area (Å²) in [5.74, 6) is 2.19. The highest BCUT2D eigenvalue weighted by molar-refractivity contribution is 6.51. The molecule has 7 heteroatoms. The maximum absolute atomic E-state index is 6.50. The predicted octanol–water partition coefficient (Wildman–Crippen LogP) is 8.50. The number of aromatic nitrogens is 2. The molecule has 0 aliphatic carbocycles. The van der Waals surface area contributed by atoms with Gasteiger partial charge in [-0.2, -0.15) is 5.10 Å². The molecule has 2 aliphatic rings. The minimum atomic E-state index is -0.157. The molecule has 7 rings (SSSR count). The summed E-state index contributed by atoms with van der Waals surface area (Å²) in [5, 5.41) is 9.26. The molecule has 202 valence electrons. The van der Waals surface area contributed by atoms with E-state index in [1.54, 1.807) is 0 Å². The second-order valence-electron chi connectivity index (χ2n) is 10.4. The number of amidine groups is 2. The average molecular weight is 557 g/mol. The van der Waals surface area contributed by atoms with Crippen LogP contribution >= 0.6 is 11.6 Å². The van der Waals surface area contributed by atoms with Crippen molar-refractivity contribution in [2.45, 2.75) is 33.2 Å². The summed E-state index contributed by atoms with van der Waals surface area (Å²) in [6.45, 7) is 6.25. The van der Waals surface area contributed by atoms with Gasteiger partial charge >= 0.3 is 0 Å². The van der Waals surface area contributed by atoms with E-state index in [2.05, 4.69) is 72.6 Å². The summed E-state index contributed by atoms with van der Waals surface area (Å²) >= 11 is 6.50. The van der Waals surface area contributed by atoms with Gasteiger partial charge in [0.25, 0.3) is 0 Å². The molecule has 1 atom stereocenters. The lowest BCUT2D eigenvalue weighted by atomic mass is 9.92. The van der Waals surface area contributed by atoms with E-state index in [0.717, 1.165) is 57.6 Å². The number of nitrogens with zero attached hydrogens (tertiary/aromatic N) is 5. The van der Waals surface area contributed by atoms with Crippen LogP contribution < -0.4 is 10.2 Å². The van der Waals surface area contributed by atoms with Gasteiger partial charge in [-0.05, 0) is 73.4 Å². The number of hydrogen-bond donors (Lipinski definition) is 1. The third-order valence-corrected chi connectivity index (χ3v) is 8.18. The molecular formula is C34H29ClN6. The normalized spacial score (nSPS) is 15.4. The van der Waals surface area contributed by atoms with Gasteiger partial charge < -0.3 is 10.2 Å². The van der Waals surface area contributed by atoms with Gasteiger partial charge in [-0.3, -0.25) is 0 Å². The van der Waals surface area contributed by atoms with Crippen LogP contribution in [0.2, 0.25) is 5.02 Å². The lowest BCUT2D eigenvalue weighted by molar-refractivity contribution is 0.814. The van der Waals surface area contributed by atoms with E-state index in [1.807, 2.05) is 60.1 Å². The number of nitrogens with one attached hydrogen (secondary N) is 1. The molecule has 0 fully saturated rings. The first-order valence-electron chi connectivity index (χ1n) is 13.8. The van der Waals surface area contributed by atoms with Gasteiger partial charge in [0, 0.05) is 16.3 Å². The summed E-state index contributed by atoms with van der Waals surface area (Å²) < 4.78 is 1.95. The zero-order valence-corrected chi connectivity index (χ0v) is 23.9. The van der Waals surface area contributed by atoms with Crippen LogP contribution in [0.5, 0.6) is 0 Å². The van der Waals surface area contributed by atoms with Crippen molar-refractivity contribution in [1.29, 1.82) is 0 Å². The van der Waals surface area contributed by atoms with Gasteiger partial charge in [0.1, 0.15) is 0 Å². The first-order valence-corrected chi connectivity index (χ1v) is 14.2. The van der Waals surface area contributed by atoms with Crippen LogP contribution in [0, 0.1) is 13.8 Å². The van der Waals surface area contributed by atoms with E-state index in [0.29, 0.717) is 10.9 Å². The van der Waals surface area contributed by atoms with Gasteiger partial charge in [-0.1, -0.05) is 79.2 Å². The number of rotatable bonds is 4. The smallest absolute Gasteiger partial charge is 0.179 e. The fraction of sp³-hybridized carbons (Fsp3) is 0.147. The van der Waals surface area contributed by atoms with Crippen LogP contribution in [0.1, 0.15) is 40.9 Å². The molecule has 3 heterocycles. The van der Waals surface area contributed by atoms with Crippen LogP contribution in [-0.2, 0) is 6.42 Å². The van der Waals surface area contributed by atoms with Gasteiger partial charge in [0.15, 0.2) is 17.5 Å². The number of aliphatic imine (C=N–C) groups is 2. The second kappa shape index (κ2) is 10.1. The summed E-state index contributed by atoms with van der Waals surface area (Å²) in [6, 6.07) is 33.1. The first kappa shape index (κ1) is 25.3. The highest BCUT2D eigenvalue weighted by atomic mass is 35.5. The lowest BCUT2D eigenvalue weighted by Gasteiger charge is -2.40. The van der Waals surface area contributed by atoms with Crippen molar-refractivity contribution in [3.8, 4) is 5.69 Å².